The van der Waals surface area contributed by atoms with Crippen molar-refractivity contribution in [3.05, 3.63) is 24.2 Å². The summed E-state index contributed by atoms with van der Waals surface area (Å²) < 4.78 is 5.03. The van der Waals surface area contributed by atoms with E-state index in [9.17, 15) is 5.11 Å². The highest BCUT2D eigenvalue weighted by Crippen LogP contribution is 2.35. The molecule has 0 aliphatic carbocycles. The van der Waals surface area contributed by atoms with Crippen molar-refractivity contribution in [1.82, 2.24) is 0 Å². The molecule has 1 aromatic heterocycles. The van der Waals surface area contributed by atoms with Gasteiger partial charge in [0, 0.05) is 28.4 Å². The summed E-state index contributed by atoms with van der Waals surface area (Å²) in [6.45, 7) is 2.21. The topological polar surface area (TPSA) is 33.4 Å². The van der Waals surface area contributed by atoms with E-state index in [0.29, 0.717) is 16.9 Å². The number of aliphatic hydroxyl groups excluding tert-OH is 1. The molecule has 3 atom stereocenters. The van der Waals surface area contributed by atoms with Crippen molar-refractivity contribution >= 4 is 23.5 Å². The van der Waals surface area contributed by atoms with Gasteiger partial charge in [0.15, 0.2) is 0 Å². The molecule has 16 heavy (non-hydrogen) atoms. The summed E-state index contributed by atoms with van der Waals surface area (Å²) in [4.78, 5) is 0. The van der Waals surface area contributed by atoms with Gasteiger partial charge in [0.1, 0.15) is 0 Å². The second-order valence-electron chi connectivity index (χ2n) is 4.06. The summed E-state index contributed by atoms with van der Waals surface area (Å²) in [6.07, 6.45) is 5.00. The Morgan fingerprint density at radius 2 is 2.31 bits per heavy atom. The van der Waals surface area contributed by atoms with Crippen molar-refractivity contribution in [1.29, 1.82) is 0 Å². The fourth-order valence-electron chi connectivity index (χ4n) is 2.06. The maximum Gasteiger partial charge on any atom is 0.0935 e. The second-order valence-corrected chi connectivity index (χ2v) is 6.69. The molecule has 0 bridgehead atoms. The Morgan fingerprint density at radius 1 is 1.50 bits per heavy atom. The Kier molecular flexibility index (Phi) is 4.67. The van der Waals surface area contributed by atoms with E-state index in [-0.39, 0.29) is 6.10 Å². The van der Waals surface area contributed by atoms with E-state index in [0.717, 1.165) is 17.7 Å². The molecule has 0 spiro atoms. The van der Waals surface area contributed by atoms with Crippen molar-refractivity contribution in [2.75, 3.05) is 11.5 Å². The van der Waals surface area contributed by atoms with Crippen LogP contribution in [0.1, 0.15) is 18.9 Å². The minimum Gasteiger partial charge on any atom is -0.472 e. The van der Waals surface area contributed by atoms with Gasteiger partial charge in [-0.25, -0.2) is 0 Å². The first-order valence-electron chi connectivity index (χ1n) is 5.73. The molecule has 1 aliphatic rings. The van der Waals surface area contributed by atoms with Gasteiger partial charge in [0.2, 0.25) is 0 Å². The predicted molar refractivity (Wildman–Crippen MR) is 71.2 cm³/mol. The average molecular weight is 258 g/mol. The Bertz CT molecular complexity index is 300. The molecule has 1 aromatic rings. The zero-order valence-corrected chi connectivity index (χ0v) is 11.1. The minimum atomic E-state index is -0.250. The van der Waals surface area contributed by atoms with Gasteiger partial charge in [-0.15, -0.1) is 0 Å². The molecule has 1 saturated heterocycles. The smallest absolute Gasteiger partial charge is 0.0935 e. The maximum absolute atomic E-state index is 10.3. The number of hydrogen-bond donors (Lipinski definition) is 1. The minimum absolute atomic E-state index is 0.250. The fraction of sp³-hybridized carbons (Fsp3) is 0.667. The number of furan rings is 1. The van der Waals surface area contributed by atoms with Crippen molar-refractivity contribution in [2.45, 2.75) is 36.4 Å². The summed E-state index contributed by atoms with van der Waals surface area (Å²) in [7, 11) is 0. The predicted octanol–water partition coefficient (Wildman–Crippen LogP) is 2.81. The van der Waals surface area contributed by atoms with E-state index in [1.165, 1.54) is 5.75 Å². The lowest BCUT2D eigenvalue weighted by Crippen LogP contribution is -2.37. The van der Waals surface area contributed by atoms with Crippen molar-refractivity contribution in [3.63, 3.8) is 0 Å². The van der Waals surface area contributed by atoms with Crippen LogP contribution in [0.2, 0.25) is 0 Å². The molecule has 0 radical (unpaired) electrons. The van der Waals surface area contributed by atoms with Crippen LogP contribution in [0.15, 0.2) is 23.0 Å². The number of thioether (sulfide) groups is 2. The van der Waals surface area contributed by atoms with Gasteiger partial charge in [-0.2, -0.15) is 23.5 Å². The molecule has 1 fully saturated rings. The molecule has 90 valence electrons. The summed E-state index contributed by atoms with van der Waals surface area (Å²) in [6, 6.07) is 1.94. The van der Waals surface area contributed by atoms with Crippen LogP contribution in [0.4, 0.5) is 0 Å². The third kappa shape index (κ3) is 2.99. The zero-order valence-electron chi connectivity index (χ0n) is 9.46. The molecule has 2 rings (SSSR count). The molecule has 2 heterocycles. The van der Waals surface area contributed by atoms with Gasteiger partial charge < -0.3 is 9.52 Å². The van der Waals surface area contributed by atoms with E-state index >= 15 is 0 Å². The van der Waals surface area contributed by atoms with Crippen LogP contribution in [-0.2, 0) is 6.42 Å². The first-order valence-corrected chi connectivity index (χ1v) is 7.83. The quantitative estimate of drug-likeness (QED) is 0.900. The Labute approximate surface area is 105 Å². The molecule has 1 aliphatic heterocycles. The van der Waals surface area contributed by atoms with Gasteiger partial charge in [-0.1, -0.05) is 6.92 Å². The van der Waals surface area contributed by atoms with Gasteiger partial charge in [0.25, 0.3) is 0 Å². The molecular formula is C12H18O2S2. The SMILES string of the molecule is CCC1SCCSC1C(O)Cc1ccoc1. The van der Waals surface area contributed by atoms with E-state index < -0.39 is 0 Å². The molecule has 0 saturated carbocycles. The van der Waals surface area contributed by atoms with E-state index in [1.54, 1.807) is 12.5 Å². The third-order valence-corrected chi connectivity index (χ3v) is 6.29. The van der Waals surface area contributed by atoms with E-state index in [2.05, 4.69) is 6.92 Å². The standard InChI is InChI=1S/C12H18O2S2/c1-2-11-12(16-6-5-15-11)10(13)7-9-3-4-14-8-9/h3-4,8,10-13H,2,5-7H2,1H3. The molecule has 4 heteroatoms. The van der Waals surface area contributed by atoms with Crippen molar-refractivity contribution < 1.29 is 9.52 Å². The highest BCUT2D eigenvalue weighted by molar-refractivity contribution is 8.07. The lowest BCUT2D eigenvalue weighted by molar-refractivity contribution is 0.169. The average Bonchev–Trinajstić information content (AvgIpc) is 2.81. The molecule has 1 N–H and O–H groups in total. The zero-order chi connectivity index (χ0) is 11.4. The van der Waals surface area contributed by atoms with Crippen LogP contribution in [0, 0.1) is 0 Å². The van der Waals surface area contributed by atoms with E-state index in [1.807, 2.05) is 29.6 Å². The van der Waals surface area contributed by atoms with Gasteiger partial charge in [-0.05, 0) is 18.1 Å². The normalized spacial score (nSPS) is 27.9. The van der Waals surface area contributed by atoms with Crippen molar-refractivity contribution in [2.24, 2.45) is 0 Å². The van der Waals surface area contributed by atoms with Crippen LogP contribution in [0.5, 0.6) is 0 Å². The van der Waals surface area contributed by atoms with Crippen LogP contribution < -0.4 is 0 Å². The first-order chi connectivity index (χ1) is 7.81. The van der Waals surface area contributed by atoms with Crippen LogP contribution in [0.3, 0.4) is 0 Å². The first kappa shape index (κ1) is 12.4. The van der Waals surface area contributed by atoms with Gasteiger partial charge >= 0.3 is 0 Å². The largest absolute Gasteiger partial charge is 0.472 e. The van der Waals surface area contributed by atoms with Crippen LogP contribution >= 0.6 is 23.5 Å². The van der Waals surface area contributed by atoms with Gasteiger partial charge in [0.05, 0.1) is 18.6 Å². The molecule has 3 unspecified atom stereocenters. The summed E-state index contributed by atoms with van der Waals surface area (Å²) in [5.74, 6) is 2.38. The Hall–Kier alpha value is -0.0600. The van der Waals surface area contributed by atoms with Gasteiger partial charge in [-0.3, -0.25) is 0 Å². The third-order valence-electron chi connectivity index (χ3n) is 2.90. The highest BCUT2D eigenvalue weighted by Gasteiger charge is 2.30. The summed E-state index contributed by atoms with van der Waals surface area (Å²) in [5, 5.41) is 11.2. The lowest BCUT2D eigenvalue weighted by Gasteiger charge is -2.33. The lowest BCUT2D eigenvalue weighted by atomic mass is 10.1. The van der Waals surface area contributed by atoms with E-state index in [4.69, 9.17) is 4.42 Å². The Morgan fingerprint density at radius 3 is 3.00 bits per heavy atom. The summed E-state index contributed by atoms with van der Waals surface area (Å²) >= 11 is 3.93. The number of hydrogen-bond acceptors (Lipinski definition) is 4. The number of rotatable bonds is 4. The number of aliphatic hydroxyl groups is 1. The second kappa shape index (κ2) is 6.03. The molecule has 0 aromatic carbocycles. The fourth-order valence-corrected chi connectivity index (χ4v) is 5.21. The van der Waals surface area contributed by atoms with Crippen molar-refractivity contribution in [3.8, 4) is 0 Å². The molecule has 0 amide bonds. The Balaban J connectivity index is 1.94. The van der Waals surface area contributed by atoms with Crippen LogP contribution in [0.25, 0.3) is 0 Å². The highest BCUT2D eigenvalue weighted by atomic mass is 32.2. The summed E-state index contributed by atoms with van der Waals surface area (Å²) in [5.41, 5.74) is 1.10. The molecular weight excluding hydrogens is 240 g/mol. The maximum atomic E-state index is 10.3. The molecule has 2 nitrogen and oxygen atoms in total. The van der Waals surface area contributed by atoms with Crippen LogP contribution in [-0.4, -0.2) is 33.2 Å². The monoisotopic (exact) mass is 258 g/mol.